The molecular formula is C26H21ClN4O7S2. The van der Waals surface area contributed by atoms with Gasteiger partial charge in [-0.15, -0.1) is 0 Å². The first-order valence-corrected chi connectivity index (χ1v) is 14.8. The third-order valence-electron chi connectivity index (χ3n) is 5.49. The maximum absolute atomic E-state index is 13.4. The van der Waals surface area contributed by atoms with Crippen molar-refractivity contribution in [1.82, 2.24) is 0 Å². The number of hydrogen-bond donors (Lipinski definition) is 2. The van der Waals surface area contributed by atoms with E-state index in [1.165, 1.54) is 91.0 Å². The van der Waals surface area contributed by atoms with Crippen LogP contribution in [-0.2, 0) is 24.8 Å². The van der Waals surface area contributed by atoms with E-state index >= 15 is 0 Å². The van der Waals surface area contributed by atoms with Crippen molar-refractivity contribution in [2.75, 3.05) is 20.9 Å². The second-order valence-electron chi connectivity index (χ2n) is 8.29. The van der Waals surface area contributed by atoms with Crippen molar-refractivity contribution in [3.05, 3.63) is 118 Å². The molecule has 0 saturated carbocycles. The lowest BCUT2D eigenvalue weighted by molar-refractivity contribution is -0.384. The number of nitro groups is 1. The SMILES string of the molecule is O=C(CN(c1cccc([N+](=O)[O-])c1)S(=O)(=O)c1ccccc1)Nc1ccc(S(=O)(=O)Nc2ccc(Cl)cc2)cc1. The van der Waals surface area contributed by atoms with Gasteiger partial charge in [-0.1, -0.05) is 35.9 Å². The van der Waals surface area contributed by atoms with Crippen molar-refractivity contribution in [1.29, 1.82) is 0 Å². The lowest BCUT2D eigenvalue weighted by Crippen LogP contribution is -2.38. The van der Waals surface area contributed by atoms with Gasteiger partial charge in [-0.2, -0.15) is 0 Å². The lowest BCUT2D eigenvalue weighted by atomic mass is 10.3. The molecule has 1 amide bonds. The molecule has 0 aliphatic carbocycles. The molecule has 40 heavy (non-hydrogen) atoms. The number of anilines is 3. The molecule has 0 aliphatic heterocycles. The molecule has 4 aromatic rings. The Morgan fingerprint density at radius 2 is 1.43 bits per heavy atom. The molecule has 206 valence electrons. The molecule has 2 N–H and O–H groups in total. The van der Waals surface area contributed by atoms with E-state index in [1.54, 1.807) is 6.07 Å². The summed E-state index contributed by atoms with van der Waals surface area (Å²) in [6, 6.07) is 23.6. The predicted octanol–water partition coefficient (Wildman–Crippen LogP) is 4.88. The first-order valence-electron chi connectivity index (χ1n) is 11.5. The van der Waals surface area contributed by atoms with E-state index < -0.39 is 37.4 Å². The van der Waals surface area contributed by atoms with Crippen LogP contribution in [0.25, 0.3) is 0 Å². The molecule has 4 aromatic carbocycles. The van der Waals surface area contributed by atoms with E-state index in [0.29, 0.717) is 10.7 Å². The number of sulfonamides is 2. The van der Waals surface area contributed by atoms with Gasteiger partial charge in [-0.25, -0.2) is 16.8 Å². The van der Waals surface area contributed by atoms with Crippen LogP contribution in [0.5, 0.6) is 0 Å². The molecule has 0 fully saturated rings. The summed E-state index contributed by atoms with van der Waals surface area (Å²) in [7, 11) is -8.22. The normalized spacial score (nSPS) is 11.4. The topological polar surface area (TPSA) is 156 Å². The van der Waals surface area contributed by atoms with Gasteiger partial charge < -0.3 is 5.32 Å². The van der Waals surface area contributed by atoms with Gasteiger partial charge in [0.05, 0.1) is 20.4 Å². The minimum atomic E-state index is -4.29. The third kappa shape index (κ3) is 6.75. The van der Waals surface area contributed by atoms with Crippen LogP contribution in [0.3, 0.4) is 0 Å². The number of nitrogens with zero attached hydrogens (tertiary/aromatic N) is 2. The Hall–Kier alpha value is -4.46. The zero-order valence-corrected chi connectivity index (χ0v) is 22.9. The Morgan fingerprint density at radius 3 is 2.05 bits per heavy atom. The number of halogens is 1. The Morgan fingerprint density at radius 1 is 0.800 bits per heavy atom. The Bertz CT molecular complexity index is 1750. The molecule has 0 heterocycles. The van der Waals surface area contributed by atoms with Gasteiger partial charge in [-0.3, -0.25) is 23.9 Å². The number of hydrogen-bond acceptors (Lipinski definition) is 7. The summed E-state index contributed by atoms with van der Waals surface area (Å²) >= 11 is 5.83. The van der Waals surface area contributed by atoms with Crippen LogP contribution in [-0.4, -0.2) is 34.2 Å². The number of carbonyl (C=O) groups excluding carboxylic acids is 1. The van der Waals surface area contributed by atoms with E-state index in [9.17, 15) is 31.7 Å². The fourth-order valence-corrected chi connectivity index (χ4v) is 6.20. The van der Waals surface area contributed by atoms with E-state index in [0.717, 1.165) is 10.4 Å². The molecule has 0 atom stereocenters. The van der Waals surface area contributed by atoms with Crippen LogP contribution in [0.2, 0.25) is 5.02 Å². The zero-order valence-electron chi connectivity index (χ0n) is 20.5. The van der Waals surface area contributed by atoms with Crippen LogP contribution >= 0.6 is 11.6 Å². The smallest absolute Gasteiger partial charge is 0.271 e. The standard InChI is InChI=1S/C26H21ClN4O7S2/c27-19-9-11-21(12-10-19)29-39(35,36)24-15-13-20(14-16-24)28-26(32)18-30(22-5-4-6-23(17-22)31(33)34)40(37,38)25-7-2-1-3-8-25/h1-17,29H,18H2,(H,28,32). The number of benzene rings is 4. The average molecular weight is 601 g/mol. The monoisotopic (exact) mass is 600 g/mol. The molecule has 0 unspecified atom stereocenters. The minimum absolute atomic E-state index is 0.0784. The van der Waals surface area contributed by atoms with Crippen molar-refractivity contribution in [3.63, 3.8) is 0 Å². The summed E-state index contributed by atoms with van der Waals surface area (Å²) in [5, 5.41) is 14.3. The molecule has 0 aliphatic rings. The van der Waals surface area contributed by atoms with Crippen LogP contribution in [0.4, 0.5) is 22.7 Å². The van der Waals surface area contributed by atoms with E-state index in [2.05, 4.69) is 10.0 Å². The van der Waals surface area contributed by atoms with Crippen molar-refractivity contribution in [2.24, 2.45) is 0 Å². The van der Waals surface area contributed by atoms with Crippen LogP contribution in [0, 0.1) is 10.1 Å². The molecule has 0 aromatic heterocycles. The Labute approximate surface area is 235 Å². The van der Waals surface area contributed by atoms with E-state index in [1.807, 2.05) is 0 Å². The second kappa shape index (κ2) is 11.7. The van der Waals surface area contributed by atoms with Crippen molar-refractivity contribution in [3.8, 4) is 0 Å². The molecule has 14 heteroatoms. The summed E-state index contributed by atoms with van der Waals surface area (Å²) in [6.45, 7) is -0.712. The van der Waals surface area contributed by atoms with Gasteiger partial charge in [0.1, 0.15) is 6.54 Å². The molecule has 0 spiro atoms. The Balaban J connectivity index is 1.55. The molecule has 0 radical (unpaired) electrons. The number of carbonyl (C=O) groups is 1. The molecule has 0 saturated heterocycles. The summed E-state index contributed by atoms with van der Waals surface area (Å²) in [4.78, 5) is 23.4. The molecule has 4 rings (SSSR count). The van der Waals surface area contributed by atoms with Gasteiger partial charge >= 0.3 is 0 Å². The maximum Gasteiger partial charge on any atom is 0.271 e. The summed E-state index contributed by atoms with van der Waals surface area (Å²) in [6.07, 6.45) is 0. The molecule has 0 bridgehead atoms. The number of rotatable bonds is 10. The van der Waals surface area contributed by atoms with Gasteiger partial charge in [0, 0.05) is 28.5 Å². The predicted molar refractivity (Wildman–Crippen MR) is 151 cm³/mol. The van der Waals surface area contributed by atoms with Crippen molar-refractivity contribution < 1.29 is 26.6 Å². The fourth-order valence-electron chi connectivity index (χ4n) is 3.58. The first-order chi connectivity index (χ1) is 19.0. The van der Waals surface area contributed by atoms with Crippen LogP contribution in [0.1, 0.15) is 0 Å². The second-order valence-corrected chi connectivity index (χ2v) is 12.3. The van der Waals surface area contributed by atoms with Crippen LogP contribution < -0.4 is 14.3 Å². The number of nitro benzene ring substituents is 1. The third-order valence-corrected chi connectivity index (χ3v) is 8.93. The summed E-state index contributed by atoms with van der Waals surface area (Å²) < 4.78 is 55.4. The van der Waals surface area contributed by atoms with Crippen molar-refractivity contribution in [2.45, 2.75) is 9.79 Å². The van der Waals surface area contributed by atoms with Gasteiger partial charge in [0.2, 0.25) is 5.91 Å². The van der Waals surface area contributed by atoms with Gasteiger partial charge in [0.25, 0.3) is 25.7 Å². The van der Waals surface area contributed by atoms with Gasteiger partial charge in [-0.05, 0) is 66.7 Å². The van der Waals surface area contributed by atoms with Crippen LogP contribution in [0.15, 0.2) is 113 Å². The summed E-state index contributed by atoms with van der Waals surface area (Å²) in [5.74, 6) is -0.763. The Kier molecular flexibility index (Phi) is 8.38. The van der Waals surface area contributed by atoms with Gasteiger partial charge in [0.15, 0.2) is 0 Å². The fraction of sp³-hybridized carbons (Fsp3) is 0.0385. The highest BCUT2D eigenvalue weighted by Gasteiger charge is 2.28. The number of amides is 1. The van der Waals surface area contributed by atoms with Crippen molar-refractivity contribution >= 4 is 60.3 Å². The highest BCUT2D eigenvalue weighted by Crippen LogP contribution is 2.27. The number of non-ortho nitro benzene ring substituents is 1. The largest absolute Gasteiger partial charge is 0.325 e. The minimum Gasteiger partial charge on any atom is -0.325 e. The highest BCUT2D eigenvalue weighted by atomic mass is 35.5. The quantitative estimate of drug-likeness (QED) is 0.194. The first kappa shape index (κ1) is 28.5. The molecular weight excluding hydrogens is 580 g/mol. The lowest BCUT2D eigenvalue weighted by Gasteiger charge is -2.24. The van der Waals surface area contributed by atoms with E-state index in [-0.39, 0.29) is 26.9 Å². The highest BCUT2D eigenvalue weighted by molar-refractivity contribution is 7.93. The average Bonchev–Trinajstić information content (AvgIpc) is 2.93. The molecule has 11 nitrogen and oxygen atoms in total. The zero-order chi connectivity index (χ0) is 28.9. The van der Waals surface area contributed by atoms with E-state index in [4.69, 9.17) is 11.6 Å². The number of nitrogens with one attached hydrogen (secondary N) is 2. The maximum atomic E-state index is 13.4. The summed E-state index contributed by atoms with van der Waals surface area (Å²) in [5.41, 5.74) is 0.0762.